The first-order valence-corrected chi connectivity index (χ1v) is 9.00. The lowest BCUT2D eigenvalue weighted by molar-refractivity contribution is 0.191. The molecule has 7 heteroatoms. The van der Waals surface area contributed by atoms with Crippen LogP contribution in [-0.2, 0) is 13.2 Å². The van der Waals surface area contributed by atoms with Gasteiger partial charge >= 0.3 is 0 Å². The molecule has 0 radical (unpaired) electrons. The van der Waals surface area contributed by atoms with Crippen LogP contribution in [0.15, 0.2) is 40.9 Å². The fourth-order valence-electron chi connectivity index (χ4n) is 2.32. The predicted octanol–water partition coefficient (Wildman–Crippen LogP) is 4.46. The first-order chi connectivity index (χ1) is 12.0. The summed E-state index contributed by atoms with van der Waals surface area (Å²) in [5, 5.41) is 12.5. The molecular weight excluding hydrogens is 425 g/mol. The van der Waals surface area contributed by atoms with E-state index in [9.17, 15) is 9.50 Å². The summed E-state index contributed by atoms with van der Waals surface area (Å²) in [7, 11) is 0. The van der Waals surface area contributed by atoms with Crippen molar-refractivity contribution in [3.63, 3.8) is 0 Å². The Kier molecular flexibility index (Phi) is 9.94. The molecular formula is C19H24BrClFNO3. The molecule has 0 heterocycles. The van der Waals surface area contributed by atoms with Gasteiger partial charge in [0.2, 0.25) is 0 Å². The van der Waals surface area contributed by atoms with Gasteiger partial charge in [0.1, 0.15) is 12.4 Å². The first-order valence-electron chi connectivity index (χ1n) is 8.21. The summed E-state index contributed by atoms with van der Waals surface area (Å²) in [6.07, 6.45) is -0.404. The molecule has 144 valence electrons. The molecule has 1 atom stereocenters. The summed E-state index contributed by atoms with van der Waals surface area (Å²) in [4.78, 5) is 0. The molecule has 2 N–H and O–H groups in total. The fourth-order valence-corrected chi connectivity index (χ4v) is 2.92. The normalized spacial score (nSPS) is 11.6. The summed E-state index contributed by atoms with van der Waals surface area (Å²) in [5.41, 5.74) is 1.48. The summed E-state index contributed by atoms with van der Waals surface area (Å²) in [5.74, 6) is 0.849. The monoisotopic (exact) mass is 447 g/mol. The smallest absolute Gasteiger partial charge is 0.175 e. The molecule has 0 aliphatic carbocycles. The Labute approximate surface area is 168 Å². The van der Waals surface area contributed by atoms with E-state index in [1.54, 1.807) is 25.1 Å². The maximum absolute atomic E-state index is 13.8. The summed E-state index contributed by atoms with van der Waals surface area (Å²) < 4.78 is 26.0. The molecule has 0 saturated carbocycles. The van der Waals surface area contributed by atoms with E-state index < -0.39 is 6.10 Å². The second-order valence-electron chi connectivity index (χ2n) is 5.70. The average molecular weight is 449 g/mol. The SMILES string of the molecule is CCOc1cc(CNCC(C)O)cc(Br)c1OCc1ccccc1F.Cl. The van der Waals surface area contributed by atoms with Crippen LogP contribution in [0.3, 0.4) is 0 Å². The average Bonchev–Trinajstić information content (AvgIpc) is 2.55. The molecule has 0 spiro atoms. The zero-order valence-electron chi connectivity index (χ0n) is 14.8. The number of aliphatic hydroxyl groups is 1. The highest BCUT2D eigenvalue weighted by Gasteiger charge is 2.13. The van der Waals surface area contributed by atoms with E-state index >= 15 is 0 Å². The summed E-state index contributed by atoms with van der Waals surface area (Å²) in [6.45, 7) is 5.34. The topological polar surface area (TPSA) is 50.7 Å². The van der Waals surface area contributed by atoms with E-state index in [2.05, 4.69) is 21.2 Å². The van der Waals surface area contributed by atoms with Crippen molar-refractivity contribution in [2.45, 2.75) is 33.1 Å². The van der Waals surface area contributed by atoms with E-state index in [1.165, 1.54) is 6.07 Å². The van der Waals surface area contributed by atoms with E-state index in [4.69, 9.17) is 9.47 Å². The molecule has 0 amide bonds. The van der Waals surface area contributed by atoms with E-state index in [0.717, 1.165) is 10.0 Å². The van der Waals surface area contributed by atoms with Gasteiger partial charge < -0.3 is 19.9 Å². The van der Waals surface area contributed by atoms with Crippen LogP contribution in [0.1, 0.15) is 25.0 Å². The fraction of sp³-hybridized carbons (Fsp3) is 0.368. The van der Waals surface area contributed by atoms with E-state index in [0.29, 0.717) is 36.8 Å². The van der Waals surface area contributed by atoms with Gasteiger partial charge in [0.05, 0.1) is 17.2 Å². The van der Waals surface area contributed by atoms with Crippen molar-refractivity contribution in [1.29, 1.82) is 0 Å². The molecule has 0 bridgehead atoms. The first kappa shape index (κ1) is 22.7. The highest BCUT2D eigenvalue weighted by molar-refractivity contribution is 9.10. The second kappa shape index (κ2) is 11.4. The number of hydrogen-bond acceptors (Lipinski definition) is 4. The molecule has 0 aromatic heterocycles. The molecule has 4 nitrogen and oxygen atoms in total. The van der Waals surface area contributed by atoms with Crippen molar-refractivity contribution < 1.29 is 19.0 Å². The van der Waals surface area contributed by atoms with Crippen LogP contribution < -0.4 is 14.8 Å². The Balaban J connectivity index is 0.00000338. The van der Waals surface area contributed by atoms with Crippen molar-refractivity contribution in [3.05, 3.63) is 57.8 Å². The molecule has 0 saturated heterocycles. The lowest BCUT2D eigenvalue weighted by Gasteiger charge is -2.16. The van der Waals surface area contributed by atoms with Gasteiger partial charge in [0, 0.05) is 18.7 Å². The van der Waals surface area contributed by atoms with Crippen molar-refractivity contribution in [1.82, 2.24) is 5.32 Å². The summed E-state index contributed by atoms with van der Waals surface area (Å²) >= 11 is 3.51. The van der Waals surface area contributed by atoms with Crippen LogP contribution in [0, 0.1) is 5.82 Å². The third-order valence-electron chi connectivity index (χ3n) is 3.47. The van der Waals surface area contributed by atoms with Crippen molar-refractivity contribution in [2.75, 3.05) is 13.2 Å². The van der Waals surface area contributed by atoms with Gasteiger partial charge in [0.25, 0.3) is 0 Å². The van der Waals surface area contributed by atoms with Gasteiger partial charge in [-0.15, -0.1) is 12.4 Å². The van der Waals surface area contributed by atoms with Crippen LogP contribution in [0.4, 0.5) is 4.39 Å². The summed E-state index contributed by atoms with van der Waals surface area (Å²) in [6, 6.07) is 10.3. The van der Waals surface area contributed by atoms with Crippen LogP contribution >= 0.6 is 28.3 Å². The Morgan fingerprint density at radius 1 is 1.23 bits per heavy atom. The largest absolute Gasteiger partial charge is 0.490 e. The number of hydrogen-bond donors (Lipinski definition) is 2. The lowest BCUT2D eigenvalue weighted by Crippen LogP contribution is -2.23. The molecule has 0 aliphatic rings. The van der Waals surface area contributed by atoms with Gasteiger partial charge in [-0.1, -0.05) is 18.2 Å². The second-order valence-corrected chi connectivity index (χ2v) is 6.55. The van der Waals surface area contributed by atoms with Gasteiger partial charge in [-0.05, 0) is 53.5 Å². The zero-order chi connectivity index (χ0) is 18.2. The number of halogens is 3. The third-order valence-corrected chi connectivity index (χ3v) is 4.06. The molecule has 2 aromatic rings. The van der Waals surface area contributed by atoms with Gasteiger partial charge in [-0.2, -0.15) is 0 Å². The number of ether oxygens (including phenoxy) is 2. The van der Waals surface area contributed by atoms with E-state index in [-0.39, 0.29) is 24.8 Å². The minimum atomic E-state index is -0.404. The zero-order valence-corrected chi connectivity index (χ0v) is 17.2. The number of aliphatic hydroxyl groups excluding tert-OH is 1. The Morgan fingerprint density at radius 2 is 1.96 bits per heavy atom. The Hall–Kier alpha value is -1.34. The van der Waals surface area contributed by atoms with E-state index in [1.807, 2.05) is 19.1 Å². The molecule has 1 unspecified atom stereocenters. The minimum absolute atomic E-state index is 0. The lowest BCUT2D eigenvalue weighted by atomic mass is 10.2. The van der Waals surface area contributed by atoms with Crippen LogP contribution in [0.2, 0.25) is 0 Å². The molecule has 0 aliphatic heterocycles. The van der Waals surface area contributed by atoms with Crippen molar-refractivity contribution >= 4 is 28.3 Å². The minimum Gasteiger partial charge on any atom is -0.490 e. The predicted molar refractivity (Wildman–Crippen MR) is 107 cm³/mol. The molecule has 26 heavy (non-hydrogen) atoms. The number of rotatable bonds is 9. The highest BCUT2D eigenvalue weighted by Crippen LogP contribution is 2.37. The van der Waals surface area contributed by atoms with Crippen molar-refractivity contribution in [3.8, 4) is 11.5 Å². The van der Waals surface area contributed by atoms with Crippen LogP contribution in [-0.4, -0.2) is 24.4 Å². The van der Waals surface area contributed by atoms with Gasteiger partial charge in [0.15, 0.2) is 11.5 Å². The van der Waals surface area contributed by atoms with Gasteiger partial charge in [-0.3, -0.25) is 0 Å². The molecule has 2 aromatic carbocycles. The Morgan fingerprint density at radius 3 is 2.62 bits per heavy atom. The van der Waals surface area contributed by atoms with Gasteiger partial charge in [-0.25, -0.2) is 4.39 Å². The quantitative estimate of drug-likeness (QED) is 0.595. The maximum Gasteiger partial charge on any atom is 0.175 e. The molecule has 2 rings (SSSR count). The molecule has 0 fully saturated rings. The Bertz CT molecular complexity index is 700. The maximum atomic E-state index is 13.8. The standard InChI is InChI=1S/C19H23BrFNO3.ClH/c1-3-24-18-9-14(11-22-10-13(2)23)8-16(20)19(18)25-12-15-6-4-5-7-17(15)21;/h4-9,13,22-23H,3,10-12H2,1-2H3;1H. The highest BCUT2D eigenvalue weighted by atomic mass is 79.9. The van der Waals surface area contributed by atoms with Crippen molar-refractivity contribution in [2.24, 2.45) is 0 Å². The van der Waals surface area contributed by atoms with Crippen LogP contribution in [0.5, 0.6) is 11.5 Å². The third kappa shape index (κ3) is 6.76. The van der Waals surface area contributed by atoms with Crippen LogP contribution in [0.25, 0.3) is 0 Å². The number of nitrogens with one attached hydrogen (secondary N) is 1. The number of benzene rings is 2.